The molecule has 15 heavy (non-hydrogen) atoms. The molecule has 1 unspecified atom stereocenters. The van der Waals surface area contributed by atoms with Gasteiger partial charge in [0.25, 0.3) is 10.1 Å². The van der Waals surface area contributed by atoms with Crippen LogP contribution < -0.4 is 4.52 Å². The fourth-order valence-corrected chi connectivity index (χ4v) is 1.83. The van der Waals surface area contributed by atoms with Gasteiger partial charge >= 0.3 is 8.25 Å². The molecule has 0 aromatic heterocycles. The summed E-state index contributed by atoms with van der Waals surface area (Å²) in [6, 6.07) is 4.97. The topological polar surface area (TPSA) is 101 Å². The fourth-order valence-electron chi connectivity index (χ4n) is 0.823. The third-order valence-corrected chi connectivity index (χ3v) is 2.55. The van der Waals surface area contributed by atoms with E-state index in [1.54, 1.807) is 0 Å². The van der Waals surface area contributed by atoms with E-state index in [1.807, 2.05) is 0 Å². The normalized spacial score (nSPS) is 11.5. The first-order valence-electron chi connectivity index (χ1n) is 3.32. The maximum Gasteiger partial charge on any atom is 0.747 e. The van der Waals surface area contributed by atoms with Gasteiger partial charge < -0.3 is 0 Å². The Bertz CT molecular complexity index is 458. The molecule has 0 aliphatic heterocycles. The molecule has 0 saturated heterocycles. The van der Waals surface area contributed by atoms with Crippen LogP contribution in [0, 0.1) is 0 Å². The molecule has 0 aliphatic rings. The third-order valence-electron chi connectivity index (χ3n) is 1.30. The Morgan fingerprint density at radius 1 is 1.27 bits per heavy atom. The molecule has 1 rings (SSSR count). The first-order valence-corrected chi connectivity index (χ1v) is 5.89. The van der Waals surface area contributed by atoms with Gasteiger partial charge in [0.1, 0.15) is 4.90 Å². The second-order valence-corrected chi connectivity index (χ2v) is 4.30. The predicted molar refractivity (Wildman–Crippen MR) is 46.7 cm³/mol. The van der Waals surface area contributed by atoms with E-state index >= 15 is 0 Å². The SMILES string of the molecule is O=[P+](O)Oc1ccccc1S(=O)(=O)O.[Zr]. The van der Waals surface area contributed by atoms with Gasteiger partial charge in [-0.1, -0.05) is 12.1 Å². The van der Waals surface area contributed by atoms with Gasteiger partial charge in [0.2, 0.25) is 5.75 Å². The van der Waals surface area contributed by atoms with E-state index in [0.717, 1.165) is 12.1 Å². The number of hydrogen-bond acceptors (Lipinski definition) is 4. The predicted octanol–water partition coefficient (Wildman–Crippen LogP) is 0.959. The molecule has 0 radical (unpaired) electrons. The molecule has 0 amide bonds. The molecular weight excluding hydrogens is 322 g/mol. The van der Waals surface area contributed by atoms with Gasteiger partial charge in [-0.15, -0.1) is 4.89 Å². The van der Waals surface area contributed by atoms with Crippen molar-refractivity contribution in [3.8, 4) is 5.75 Å². The minimum atomic E-state index is -4.44. The molecule has 0 bridgehead atoms. The largest absolute Gasteiger partial charge is 0.747 e. The zero-order valence-corrected chi connectivity index (χ0v) is 11.4. The average Bonchev–Trinajstić information content (AvgIpc) is 2.01. The summed E-state index contributed by atoms with van der Waals surface area (Å²) in [5, 5.41) is 0. The van der Waals surface area contributed by atoms with Crippen molar-refractivity contribution in [3.05, 3.63) is 24.3 Å². The molecule has 0 fully saturated rings. The monoisotopic (exact) mass is 327 g/mol. The molecule has 1 aromatic rings. The van der Waals surface area contributed by atoms with Crippen LogP contribution in [0.1, 0.15) is 0 Å². The summed E-state index contributed by atoms with van der Waals surface area (Å²) in [7, 11) is -7.41. The van der Waals surface area contributed by atoms with Crippen LogP contribution in [0.5, 0.6) is 5.75 Å². The van der Waals surface area contributed by atoms with Gasteiger partial charge in [0, 0.05) is 30.8 Å². The minimum Gasteiger partial charge on any atom is -0.282 e. The molecule has 0 heterocycles. The van der Waals surface area contributed by atoms with E-state index in [4.69, 9.17) is 9.45 Å². The first-order chi connectivity index (χ1) is 6.41. The Labute approximate surface area is 106 Å². The van der Waals surface area contributed by atoms with Gasteiger partial charge in [-0.05, 0) is 12.1 Å². The standard InChI is InChI=1S/C6H5O6PS.Zr/c7-13(8)12-5-3-1-2-4-6(5)14(9,10)11;/h1-4H,(H-,7,8,9,10,11);/p+1. The van der Waals surface area contributed by atoms with E-state index in [1.165, 1.54) is 12.1 Å². The van der Waals surface area contributed by atoms with Crippen LogP contribution in [0.25, 0.3) is 0 Å². The van der Waals surface area contributed by atoms with Gasteiger partial charge in [0.05, 0.1) is 0 Å². The molecule has 0 saturated carbocycles. The number of benzene rings is 1. The number of rotatable bonds is 3. The Morgan fingerprint density at radius 2 is 1.80 bits per heavy atom. The maximum absolute atomic E-state index is 10.7. The Morgan fingerprint density at radius 3 is 2.27 bits per heavy atom. The van der Waals surface area contributed by atoms with E-state index < -0.39 is 23.3 Å². The molecule has 1 aromatic carbocycles. The number of para-hydroxylation sites is 1. The summed E-state index contributed by atoms with van der Waals surface area (Å²) in [5.74, 6) is -0.362. The van der Waals surface area contributed by atoms with Crippen LogP contribution in [0.3, 0.4) is 0 Å². The van der Waals surface area contributed by atoms with Crippen molar-refractivity contribution in [1.29, 1.82) is 0 Å². The van der Waals surface area contributed by atoms with Crippen LogP contribution in [-0.4, -0.2) is 17.9 Å². The van der Waals surface area contributed by atoms with Crippen molar-refractivity contribution < 1.29 is 53.2 Å². The average molecular weight is 328 g/mol. The van der Waals surface area contributed by atoms with Crippen LogP contribution in [-0.2, 0) is 40.9 Å². The second-order valence-electron chi connectivity index (χ2n) is 2.25. The van der Waals surface area contributed by atoms with Crippen molar-refractivity contribution in [2.45, 2.75) is 4.90 Å². The van der Waals surface area contributed by atoms with Crippen molar-refractivity contribution in [2.24, 2.45) is 0 Å². The number of hydrogen-bond donors (Lipinski definition) is 2. The first kappa shape index (κ1) is 14.9. The Balaban J connectivity index is 0.00000196. The van der Waals surface area contributed by atoms with E-state index in [2.05, 4.69) is 4.52 Å². The molecule has 80 valence electrons. The van der Waals surface area contributed by atoms with E-state index in [0.29, 0.717) is 0 Å². The van der Waals surface area contributed by atoms with Crippen molar-refractivity contribution in [2.75, 3.05) is 0 Å². The van der Waals surface area contributed by atoms with Crippen LogP contribution in [0.2, 0.25) is 0 Å². The summed E-state index contributed by atoms with van der Waals surface area (Å²) >= 11 is 0. The van der Waals surface area contributed by atoms with E-state index in [9.17, 15) is 13.0 Å². The zero-order chi connectivity index (χ0) is 10.8. The van der Waals surface area contributed by atoms with E-state index in [-0.39, 0.29) is 32.0 Å². The quantitative estimate of drug-likeness (QED) is 0.633. The van der Waals surface area contributed by atoms with Gasteiger partial charge in [-0.25, -0.2) is 4.52 Å². The summed E-state index contributed by atoms with van der Waals surface area (Å²) in [6.45, 7) is 0. The molecule has 0 spiro atoms. The maximum atomic E-state index is 10.7. The summed E-state index contributed by atoms with van der Waals surface area (Å²) in [5.41, 5.74) is 0. The van der Waals surface area contributed by atoms with Gasteiger partial charge in [0.15, 0.2) is 0 Å². The Hall–Kier alpha value is -0.127. The van der Waals surface area contributed by atoms with Gasteiger partial charge in [-0.3, -0.25) is 4.55 Å². The fraction of sp³-hybridized carbons (Fsp3) is 0. The summed E-state index contributed by atoms with van der Waals surface area (Å²) in [4.78, 5) is 7.86. The smallest absolute Gasteiger partial charge is 0.282 e. The second kappa shape index (κ2) is 5.82. The molecule has 9 heteroatoms. The molecule has 0 aliphatic carbocycles. The summed E-state index contributed by atoms with van der Waals surface area (Å²) < 4.78 is 44.8. The van der Waals surface area contributed by atoms with Crippen LogP contribution >= 0.6 is 8.25 Å². The summed E-state index contributed by atoms with van der Waals surface area (Å²) in [6.07, 6.45) is 0. The molecule has 2 N–H and O–H groups in total. The molecular formula is C6H6O6PSZr+. The van der Waals surface area contributed by atoms with Crippen molar-refractivity contribution in [1.82, 2.24) is 0 Å². The van der Waals surface area contributed by atoms with Crippen molar-refractivity contribution >= 4 is 18.4 Å². The third kappa shape index (κ3) is 4.49. The molecule has 6 nitrogen and oxygen atoms in total. The Kier molecular flexibility index (Phi) is 5.77. The minimum absolute atomic E-state index is 0. The van der Waals surface area contributed by atoms with Crippen LogP contribution in [0.4, 0.5) is 0 Å². The van der Waals surface area contributed by atoms with Crippen molar-refractivity contribution in [3.63, 3.8) is 0 Å². The van der Waals surface area contributed by atoms with Gasteiger partial charge in [-0.2, -0.15) is 8.42 Å². The zero-order valence-electron chi connectivity index (χ0n) is 7.19. The molecule has 1 atom stereocenters. The van der Waals surface area contributed by atoms with Crippen LogP contribution in [0.15, 0.2) is 29.2 Å².